The van der Waals surface area contributed by atoms with Crippen LogP contribution in [0.25, 0.3) is 0 Å². The van der Waals surface area contributed by atoms with Crippen LogP contribution < -0.4 is 21.5 Å². The number of nitrogen functional groups attached to an aromatic ring is 1. The molecular weight excluding hydrogens is 390 g/mol. The Morgan fingerprint density at radius 2 is 1.55 bits per heavy atom. The third-order valence-corrected chi connectivity index (χ3v) is 5.31. The van der Waals surface area contributed by atoms with E-state index in [1.165, 1.54) is 11.9 Å². The molecule has 1 fully saturated rings. The zero-order valence-electron chi connectivity index (χ0n) is 17.4. The molecule has 1 aliphatic rings. The highest BCUT2D eigenvalue weighted by atomic mass is 16.2. The summed E-state index contributed by atoms with van der Waals surface area (Å²) in [5, 5.41) is 0. The molecule has 160 valence electrons. The minimum absolute atomic E-state index is 0.166. The Morgan fingerprint density at radius 1 is 0.903 bits per heavy atom. The quantitative estimate of drug-likeness (QED) is 0.506. The van der Waals surface area contributed by atoms with Gasteiger partial charge in [-0.1, -0.05) is 60.7 Å². The predicted molar refractivity (Wildman–Crippen MR) is 122 cm³/mol. The second-order valence-electron chi connectivity index (χ2n) is 7.54. The van der Waals surface area contributed by atoms with Crippen LogP contribution in [-0.2, 0) is 17.8 Å². The molecule has 1 aliphatic heterocycles. The Kier molecular flexibility index (Phi) is 6.59. The van der Waals surface area contributed by atoms with E-state index in [2.05, 4.69) is 54.9 Å². The molecule has 2 aromatic carbocycles. The summed E-state index contributed by atoms with van der Waals surface area (Å²) in [6, 6.07) is 20.0. The van der Waals surface area contributed by atoms with Crippen LogP contribution in [0.1, 0.15) is 11.1 Å². The van der Waals surface area contributed by atoms with Gasteiger partial charge in [-0.25, -0.2) is 9.97 Å². The van der Waals surface area contributed by atoms with Crippen molar-refractivity contribution in [3.05, 3.63) is 78.1 Å². The number of hydrogen-bond donors (Lipinski definition) is 3. The molecule has 8 heteroatoms. The molecule has 0 unspecified atom stereocenters. The summed E-state index contributed by atoms with van der Waals surface area (Å²) in [5.74, 6) is 0.924. The molecule has 1 amide bonds. The standard InChI is InChI=1S/C23H27N7O/c24-21-22(28-27-20(31)15-18-7-3-1-4-8-18)25-17-26-23(21)30-13-11-29(12-14-30)16-19-9-5-2-6-10-19/h1-10,17H,11-16,24H2,(H,27,31)(H,25,26,28). The van der Waals surface area contributed by atoms with Crippen molar-refractivity contribution in [1.29, 1.82) is 0 Å². The first-order chi connectivity index (χ1) is 15.2. The number of rotatable bonds is 7. The molecule has 0 aliphatic carbocycles. The van der Waals surface area contributed by atoms with E-state index in [0.717, 1.165) is 38.3 Å². The maximum absolute atomic E-state index is 12.2. The van der Waals surface area contributed by atoms with Crippen LogP contribution in [0.2, 0.25) is 0 Å². The highest BCUT2D eigenvalue weighted by Crippen LogP contribution is 2.26. The third kappa shape index (κ3) is 5.49. The fourth-order valence-corrected chi connectivity index (χ4v) is 3.65. The van der Waals surface area contributed by atoms with Gasteiger partial charge in [-0.15, -0.1) is 0 Å². The summed E-state index contributed by atoms with van der Waals surface area (Å²) in [6.45, 7) is 4.44. The van der Waals surface area contributed by atoms with Crippen molar-refractivity contribution in [1.82, 2.24) is 20.3 Å². The van der Waals surface area contributed by atoms with Crippen LogP contribution >= 0.6 is 0 Å². The first-order valence-corrected chi connectivity index (χ1v) is 10.4. The van der Waals surface area contributed by atoms with Crippen molar-refractivity contribution < 1.29 is 4.79 Å². The van der Waals surface area contributed by atoms with Gasteiger partial charge < -0.3 is 10.6 Å². The number of amides is 1. The molecular formula is C23H27N7O. The molecule has 1 saturated heterocycles. The minimum Gasteiger partial charge on any atom is -0.393 e. The van der Waals surface area contributed by atoms with Crippen LogP contribution in [0.15, 0.2) is 67.0 Å². The monoisotopic (exact) mass is 417 g/mol. The van der Waals surface area contributed by atoms with E-state index in [1.807, 2.05) is 36.4 Å². The topological polar surface area (TPSA) is 99.4 Å². The molecule has 0 radical (unpaired) electrons. The molecule has 0 saturated carbocycles. The Balaban J connectivity index is 1.32. The summed E-state index contributed by atoms with van der Waals surface area (Å²) >= 11 is 0. The maximum Gasteiger partial charge on any atom is 0.242 e. The van der Waals surface area contributed by atoms with Crippen LogP contribution in [0.3, 0.4) is 0 Å². The summed E-state index contributed by atoms with van der Waals surface area (Å²) < 4.78 is 0. The third-order valence-electron chi connectivity index (χ3n) is 5.31. The van der Waals surface area contributed by atoms with Crippen molar-refractivity contribution in [3.8, 4) is 0 Å². The van der Waals surface area contributed by atoms with Gasteiger partial charge in [0.15, 0.2) is 11.6 Å². The number of nitrogens with zero attached hydrogens (tertiary/aromatic N) is 4. The predicted octanol–water partition coefficient (Wildman–Crippen LogP) is 2.07. The summed E-state index contributed by atoms with van der Waals surface area (Å²) in [6.07, 6.45) is 1.74. The molecule has 4 rings (SSSR count). The van der Waals surface area contributed by atoms with E-state index in [1.54, 1.807) is 0 Å². The second-order valence-corrected chi connectivity index (χ2v) is 7.54. The molecule has 1 aromatic heterocycles. The van der Waals surface area contributed by atoms with E-state index >= 15 is 0 Å². The number of nitrogens with one attached hydrogen (secondary N) is 2. The smallest absolute Gasteiger partial charge is 0.242 e. The van der Waals surface area contributed by atoms with Gasteiger partial charge >= 0.3 is 0 Å². The van der Waals surface area contributed by atoms with Crippen LogP contribution in [-0.4, -0.2) is 47.0 Å². The number of hydrogen-bond acceptors (Lipinski definition) is 7. The number of anilines is 3. The number of carbonyl (C=O) groups excluding carboxylic acids is 1. The lowest BCUT2D eigenvalue weighted by Gasteiger charge is -2.36. The van der Waals surface area contributed by atoms with Crippen molar-refractivity contribution in [3.63, 3.8) is 0 Å². The first kappa shape index (κ1) is 20.6. The maximum atomic E-state index is 12.2. The van der Waals surface area contributed by atoms with E-state index in [-0.39, 0.29) is 12.3 Å². The van der Waals surface area contributed by atoms with Gasteiger partial charge in [0.1, 0.15) is 12.0 Å². The minimum atomic E-state index is -0.166. The van der Waals surface area contributed by atoms with Crippen LogP contribution in [0.4, 0.5) is 17.3 Å². The van der Waals surface area contributed by atoms with E-state index < -0.39 is 0 Å². The lowest BCUT2D eigenvalue weighted by Crippen LogP contribution is -2.46. The number of nitrogens with two attached hydrogens (primary N) is 1. The zero-order valence-corrected chi connectivity index (χ0v) is 17.4. The molecule has 0 bridgehead atoms. The average Bonchev–Trinajstić information content (AvgIpc) is 2.80. The van der Waals surface area contributed by atoms with Crippen LogP contribution in [0, 0.1) is 0 Å². The van der Waals surface area contributed by atoms with Crippen molar-refractivity contribution in [2.45, 2.75) is 13.0 Å². The van der Waals surface area contributed by atoms with Gasteiger partial charge in [0, 0.05) is 32.7 Å². The molecule has 3 aromatic rings. The van der Waals surface area contributed by atoms with Gasteiger partial charge in [-0.3, -0.25) is 20.5 Å². The average molecular weight is 418 g/mol. The Labute approximate surface area is 182 Å². The largest absolute Gasteiger partial charge is 0.393 e. The molecule has 4 N–H and O–H groups in total. The van der Waals surface area contributed by atoms with Crippen molar-refractivity contribution >= 4 is 23.2 Å². The summed E-state index contributed by atoms with van der Waals surface area (Å²) in [4.78, 5) is 25.4. The number of hydrazine groups is 1. The van der Waals surface area contributed by atoms with Crippen molar-refractivity contribution in [2.24, 2.45) is 0 Å². The first-order valence-electron chi connectivity index (χ1n) is 10.4. The number of carbonyl (C=O) groups is 1. The van der Waals surface area contributed by atoms with Gasteiger partial charge in [0.25, 0.3) is 0 Å². The number of benzene rings is 2. The Morgan fingerprint density at radius 3 is 2.23 bits per heavy atom. The van der Waals surface area contributed by atoms with Gasteiger partial charge in [0.05, 0.1) is 6.42 Å². The Hall–Kier alpha value is -3.65. The van der Waals surface area contributed by atoms with Gasteiger partial charge in [-0.05, 0) is 11.1 Å². The zero-order chi connectivity index (χ0) is 21.5. The molecule has 0 spiro atoms. The van der Waals surface area contributed by atoms with Gasteiger partial charge in [-0.2, -0.15) is 0 Å². The second kappa shape index (κ2) is 9.90. The molecule has 0 atom stereocenters. The molecule has 2 heterocycles. The van der Waals surface area contributed by atoms with Crippen molar-refractivity contribution in [2.75, 3.05) is 42.2 Å². The summed E-state index contributed by atoms with van der Waals surface area (Å²) in [5.41, 5.74) is 14.5. The number of aromatic nitrogens is 2. The van der Waals surface area contributed by atoms with E-state index in [9.17, 15) is 4.79 Å². The number of piperazine rings is 1. The van der Waals surface area contributed by atoms with Gasteiger partial charge in [0.2, 0.25) is 5.91 Å². The lowest BCUT2D eigenvalue weighted by molar-refractivity contribution is -0.119. The fourth-order valence-electron chi connectivity index (χ4n) is 3.65. The van der Waals surface area contributed by atoms with E-state index in [0.29, 0.717) is 17.3 Å². The lowest BCUT2D eigenvalue weighted by atomic mass is 10.1. The fraction of sp³-hybridized carbons (Fsp3) is 0.261. The Bertz CT molecular complexity index is 989. The molecule has 8 nitrogen and oxygen atoms in total. The molecule has 31 heavy (non-hydrogen) atoms. The normalized spacial score (nSPS) is 14.3. The summed E-state index contributed by atoms with van der Waals surface area (Å²) in [7, 11) is 0. The highest BCUT2D eigenvalue weighted by molar-refractivity contribution is 5.82. The SMILES string of the molecule is Nc1c(NNC(=O)Cc2ccccc2)ncnc1N1CCN(Cc2ccccc2)CC1. The van der Waals surface area contributed by atoms with Crippen LogP contribution in [0.5, 0.6) is 0 Å². The van der Waals surface area contributed by atoms with E-state index in [4.69, 9.17) is 5.73 Å². The highest BCUT2D eigenvalue weighted by Gasteiger charge is 2.21.